The summed E-state index contributed by atoms with van der Waals surface area (Å²) >= 11 is 0. The van der Waals surface area contributed by atoms with E-state index in [1.54, 1.807) is 19.1 Å². The Labute approximate surface area is 148 Å². The van der Waals surface area contributed by atoms with E-state index in [2.05, 4.69) is 10.6 Å². The van der Waals surface area contributed by atoms with E-state index in [1.165, 1.54) is 6.07 Å². The highest BCUT2D eigenvalue weighted by Crippen LogP contribution is 2.36. The number of hydrogen-bond acceptors (Lipinski definition) is 3. The number of piperidine rings is 1. The fourth-order valence-electron chi connectivity index (χ4n) is 3.78. The van der Waals surface area contributed by atoms with Gasteiger partial charge in [-0.2, -0.15) is 0 Å². The van der Waals surface area contributed by atoms with Gasteiger partial charge in [0.15, 0.2) is 0 Å². The molecular formula is C18H26ClFN2O2. The number of halogens is 2. The van der Waals surface area contributed by atoms with E-state index >= 15 is 0 Å². The molecule has 1 aromatic carbocycles. The van der Waals surface area contributed by atoms with Crippen molar-refractivity contribution in [2.45, 2.75) is 44.8 Å². The van der Waals surface area contributed by atoms with E-state index < -0.39 is 5.82 Å². The van der Waals surface area contributed by atoms with E-state index in [4.69, 9.17) is 0 Å². The van der Waals surface area contributed by atoms with Crippen molar-refractivity contribution in [3.63, 3.8) is 0 Å². The van der Waals surface area contributed by atoms with Crippen molar-refractivity contribution in [2.75, 3.05) is 13.1 Å². The van der Waals surface area contributed by atoms with E-state index in [-0.39, 0.29) is 36.0 Å². The minimum absolute atomic E-state index is 0. The average Bonchev–Trinajstić information content (AvgIpc) is 2.50. The van der Waals surface area contributed by atoms with Gasteiger partial charge in [-0.25, -0.2) is 4.39 Å². The van der Waals surface area contributed by atoms with E-state index in [0.717, 1.165) is 44.3 Å². The molecule has 1 heterocycles. The van der Waals surface area contributed by atoms with Crippen molar-refractivity contribution < 1.29 is 14.3 Å². The highest BCUT2D eigenvalue weighted by molar-refractivity contribution is 5.94. The molecule has 1 amide bonds. The Morgan fingerprint density at radius 3 is 2.54 bits per heavy atom. The number of carbonyl (C=O) groups is 1. The number of aryl methyl sites for hydroxylation is 1. The summed E-state index contributed by atoms with van der Waals surface area (Å²) in [6.07, 6.45) is 3.22. The van der Waals surface area contributed by atoms with Crippen molar-refractivity contribution in [1.29, 1.82) is 0 Å². The van der Waals surface area contributed by atoms with Gasteiger partial charge in [-0.05, 0) is 75.2 Å². The summed E-state index contributed by atoms with van der Waals surface area (Å²) in [5.41, 5.74) is 0.908. The molecule has 1 aliphatic carbocycles. The summed E-state index contributed by atoms with van der Waals surface area (Å²) in [7, 11) is 0. The number of hydrogen-bond donors (Lipinski definition) is 3. The van der Waals surface area contributed by atoms with Crippen molar-refractivity contribution >= 4 is 18.3 Å². The standard InChI is InChI=1S/C18H25FN2O2.ClH/c1-11-2-3-15(16(19)8-11)18(23)21-17(13-9-14(22)10-13)12-4-6-20-7-5-12;/h2-3,8,12-14,17,20,22H,4-7,9-10H2,1H3,(H,21,23);1H. The lowest BCUT2D eigenvalue weighted by molar-refractivity contribution is 0.00914. The van der Waals surface area contributed by atoms with Gasteiger partial charge in [0.2, 0.25) is 0 Å². The minimum atomic E-state index is -0.472. The first-order valence-corrected chi connectivity index (χ1v) is 8.50. The molecule has 1 aromatic rings. The van der Waals surface area contributed by atoms with Gasteiger partial charge in [0.25, 0.3) is 5.91 Å². The summed E-state index contributed by atoms with van der Waals surface area (Å²) in [5, 5.41) is 16.0. The Morgan fingerprint density at radius 1 is 1.29 bits per heavy atom. The summed E-state index contributed by atoms with van der Waals surface area (Å²) in [4.78, 5) is 12.5. The van der Waals surface area contributed by atoms with Crippen LogP contribution in [0.2, 0.25) is 0 Å². The lowest BCUT2D eigenvalue weighted by Crippen LogP contribution is -2.53. The molecule has 1 aliphatic heterocycles. The molecule has 2 fully saturated rings. The maximum absolute atomic E-state index is 14.0. The topological polar surface area (TPSA) is 61.4 Å². The van der Waals surface area contributed by atoms with Crippen LogP contribution in [0.3, 0.4) is 0 Å². The lowest BCUT2D eigenvalue weighted by atomic mass is 9.71. The zero-order valence-electron chi connectivity index (χ0n) is 13.9. The van der Waals surface area contributed by atoms with E-state index in [9.17, 15) is 14.3 Å². The van der Waals surface area contributed by atoms with E-state index in [1.807, 2.05) is 0 Å². The van der Waals surface area contributed by atoms with Crippen molar-refractivity contribution in [3.05, 3.63) is 35.1 Å². The quantitative estimate of drug-likeness (QED) is 0.776. The molecule has 0 bridgehead atoms. The highest BCUT2D eigenvalue weighted by Gasteiger charge is 2.39. The molecule has 4 nitrogen and oxygen atoms in total. The summed E-state index contributed by atoms with van der Waals surface area (Å²) in [6, 6.07) is 4.72. The Balaban J connectivity index is 0.00000208. The predicted octanol–water partition coefficient (Wildman–Crippen LogP) is 2.42. The molecule has 0 radical (unpaired) electrons. The van der Waals surface area contributed by atoms with Gasteiger partial charge < -0.3 is 15.7 Å². The number of nitrogens with one attached hydrogen (secondary N) is 2. The summed E-state index contributed by atoms with van der Waals surface area (Å²) < 4.78 is 14.0. The van der Waals surface area contributed by atoms with Gasteiger partial charge >= 0.3 is 0 Å². The zero-order valence-corrected chi connectivity index (χ0v) is 14.7. The summed E-state index contributed by atoms with van der Waals surface area (Å²) in [5.74, 6) is -0.121. The third-order valence-corrected chi connectivity index (χ3v) is 5.22. The fraction of sp³-hybridized carbons (Fsp3) is 0.611. The van der Waals surface area contributed by atoms with Gasteiger partial charge in [-0.1, -0.05) is 6.07 Å². The predicted molar refractivity (Wildman–Crippen MR) is 94.0 cm³/mol. The van der Waals surface area contributed by atoms with Crippen LogP contribution in [0.5, 0.6) is 0 Å². The number of amides is 1. The maximum Gasteiger partial charge on any atom is 0.254 e. The number of aliphatic hydroxyl groups is 1. The number of aliphatic hydroxyl groups excluding tert-OH is 1. The van der Waals surface area contributed by atoms with Crippen molar-refractivity contribution in [3.8, 4) is 0 Å². The summed E-state index contributed by atoms with van der Waals surface area (Å²) in [6.45, 7) is 3.70. The molecule has 1 saturated carbocycles. The Bertz CT molecular complexity index is 572. The first kappa shape index (κ1) is 19.2. The van der Waals surface area contributed by atoms with Gasteiger partial charge in [0, 0.05) is 6.04 Å². The monoisotopic (exact) mass is 356 g/mol. The molecular weight excluding hydrogens is 331 g/mol. The van der Waals surface area contributed by atoms with Crippen LogP contribution in [-0.2, 0) is 0 Å². The third kappa shape index (κ3) is 4.26. The Hall–Kier alpha value is -1.17. The van der Waals surface area contributed by atoms with Crippen LogP contribution in [-0.4, -0.2) is 36.2 Å². The minimum Gasteiger partial charge on any atom is -0.393 e. The smallest absolute Gasteiger partial charge is 0.254 e. The average molecular weight is 357 g/mol. The SMILES string of the molecule is Cc1ccc(C(=O)NC(C2CCNCC2)C2CC(O)C2)c(F)c1.Cl. The van der Waals surface area contributed by atoms with Gasteiger partial charge in [0.05, 0.1) is 11.7 Å². The maximum atomic E-state index is 14.0. The van der Waals surface area contributed by atoms with Crippen LogP contribution in [0.15, 0.2) is 18.2 Å². The largest absolute Gasteiger partial charge is 0.393 e. The second-order valence-electron chi connectivity index (χ2n) is 6.96. The molecule has 1 atom stereocenters. The molecule has 3 N–H and O–H groups in total. The van der Waals surface area contributed by atoms with Crippen LogP contribution in [0.4, 0.5) is 4.39 Å². The Morgan fingerprint density at radius 2 is 1.96 bits per heavy atom. The molecule has 3 rings (SSSR count). The van der Waals surface area contributed by atoms with Crippen LogP contribution in [0, 0.1) is 24.6 Å². The molecule has 0 spiro atoms. The second kappa shape index (κ2) is 8.28. The fourth-order valence-corrected chi connectivity index (χ4v) is 3.78. The second-order valence-corrected chi connectivity index (χ2v) is 6.96. The molecule has 1 saturated heterocycles. The van der Waals surface area contributed by atoms with Gasteiger partial charge in [-0.3, -0.25) is 4.79 Å². The highest BCUT2D eigenvalue weighted by atomic mass is 35.5. The number of rotatable bonds is 4. The zero-order chi connectivity index (χ0) is 16.4. The first-order valence-electron chi connectivity index (χ1n) is 8.50. The molecule has 0 aromatic heterocycles. The molecule has 24 heavy (non-hydrogen) atoms. The van der Waals surface area contributed by atoms with Crippen molar-refractivity contribution in [1.82, 2.24) is 10.6 Å². The number of benzene rings is 1. The van der Waals surface area contributed by atoms with E-state index in [0.29, 0.717) is 11.8 Å². The molecule has 1 unspecified atom stereocenters. The molecule has 6 heteroatoms. The van der Waals surface area contributed by atoms with Crippen LogP contribution < -0.4 is 10.6 Å². The first-order chi connectivity index (χ1) is 11.0. The van der Waals surface area contributed by atoms with Crippen LogP contribution in [0.1, 0.15) is 41.6 Å². The third-order valence-electron chi connectivity index (χ3n) is 5.22. The normalized spacial score (nSPS) is 25.3. The van der Waals surface area contributed by atoms with Crippen molar-refractivity contribution in [2.24, 2.45) is 11.8 Å². The Kier molecular flexibility index (Phi) is 6.61. The van der Waals surface area contributed by atoms with Gasteiger partial charge in [0.1, 0.15) is 5.82 Å². The van der Waals surface area contributed by atoms with Crippen LogP contribution >= 0.6 is 12.4 Å². The molecule has 134 valence electrons. The number of carbonyl (C=O) groups excluding carboxylic acids is 1. The van der Waals surface area contributed by atoms with Gasteiger partial charge in [-0.15, -0.1) is 12.4 Å². The van der Waals surface area contributed by atoms with Crippen LogP contribution in [0.25, 0.3) is 0 Å². The molecule has 2 aliphatic rings. The lowest BCUT2D eigenvalue weighted by Gasteiger charge is -2.43.